The normalized spacial score (nSPS) is 21.9. The van der Waals surface area contributed by atoms with Crippen LogP contribution in [0.5, 0.6) is 0 Å². The molecular weight excluding hydrogens is 314 g/mol. The highest BCUT2D eigenvalue weighted by atomic mass is 16.2. The van der Waals surface area contributed by atoms with Gasteiger partial charge in [0.15, 0.2) is 0 Å². The number of carbonyl (C=O) groups excluding carboxylic acids is 2. The molecule has 2 aliphatic carbocycles. The van der Waals surface area contributed by atoms with Gasteiger partial charge in [0.25, 0.3) is 0 Å². The average Bonchev–Trinajstić information content (AvgIpc) is 2.62. The second kappa shape index (κ2) is 8.48. The van der Waals surface area contributed by atoms with Crippen LogP contribution in [0.3, 0.4) is 0 Å². The van der Waals surface area contributed by atoms with Crippen LogP contribution in [0.2, 0.25) is 0 Å². The second-order valence-electron chi connectivity index (χ2n) is 7.33. The molecule has 1 aromatic rings. The molecule has 1 saturated carbocycles. The molecule has 0 bridgehead atoms. The predicted octanol–water partition coefficient (Wildman–Crippen LogP) is 3.20. The summed E-state index contributed by atoms with van der Waals surface area (Å²) in [6, 6.07) is 8.00. The fourth-order valence-electron chi connectivity index (χ4n) is 3.99. The molecule has 0 aliphatic heterocycles. The lowest BCUT2D eigenvalue weighted by Gasteiger charge is -2.29. The van der Waals surface area contributed by atoms with Crippen LogP contribution in [-0.2, 0) is 11.2 Å². The summed E-state index contributed by atoms with van der Waals surface area (Å²) in [6.45, 7) is 1.82. The van der Waals surface area contributed by atoms with E-state index >= 15 is 0 Å². The number of hydrogen-bond acceptors (Lipinski definition) is 3. The summed E-state index contributed by atoms with van der Waals surface area (Å²) in [7, 11) is 0. The molecule has 2 aliphatic rings. The Kier molecular flexibility index (Phi) is 6.08. The maximum Gasteiger partial charge on any atom is 0.321 e. The number of aryl methyl sites for hydroxylation is 1. The van der Waals surface area contributed by atoms with Crippen molar-refractivity contribution in [2.45, 2.75) is 76.4 Å². The molecule has 0 spiro atoms. The van der Waals surface area contributed by atoms with Gasteiger partial charge in [0, 0.05) is 12.1 Å². The van der Waals surface area contributed by atoms with Crippen molar-refractivity contribution in [3.05, 3.63) is 35.4 Å². The number of imide groups is 1. The lowest BCUT2D eigenvalue weighted by molar-refractivity contribution is -0.121. The number of benzene rings is 1. The van der Waals surface area contributed by atoms with Crippen LogP contribution in [0.4, 0.5) is 4.79 Å². The first-order valence-corrected chi connectivity index (χ1v) is 9.58. The maximum absolute atomic E-state index is 12.3. The summed E-state index contributed by atoms with van der Waals surface area (Å²) in [6.07, 6.45) is 8.79. The molecule has 3 rings (SSSR count). The Bertz CT molecular complexity index is 611. The fourth-order valence-corrected chi connectivity index (χ4v) is 3.99. The predicted molar refractivity (Wildman–Crippen MR) is 98.3 cm³/mol. The number of hydrogen-bond donors (Lipinski definition) is 3. The smallest absolute Gasteiger partial charge is 0.321 e. The van der Waals surface area contributed by atoms with E-state index in [4.69, 9.17) is 0 Å². The van der Waals surface area contributed by atoms with Gasteiger partial charge in [0.2, 0.25) is 5.91 Å². The zero-order chi connectivity index (χ0) is 17.6. The molecule has 3 amide bonds. The van der Waals surface area contributed by atoms with E-state index in [0.29, 0.717) is 0 Å². The third kappa shape index (κ3) is 4.82. The molecule has 5 heteroatoms. The highest BCUT2D eigenvalue weighted by Crippen LogP contribution is 2.29. The maximum atomic E-state index is 12.3. The zero-order valence-electron chi connectivity index (χ0n) is 15.0. The van der Waals surface area contributed by atoms with E-state index in [0.717, 1.165) is 44.9 Å². The molecule has 136 valence electrons. The summed E-state index contributed by atoms with van der Waals surface area (Å²) in [5.41, 5.74) is 2.63. The molecule has 25 heavy (non-hydrogen) atoms. The molecule has 1 aromatic carbocycles. The first-order valence-electron chi connectivity index (χ1n) is 9.58. The van der Waals surface area contributed by atoms with Gasteiger partial charge in [0.1, 0.15) is 0 Å². The molecule has 0 saturated heterocycles. The SMILES string of the molecule is C[C@@H](N[C@H]1CCCc2ccccc21)C(=O)NC(=O)NC1CCCCC1. The number of carbonyl (C=O) groups is 2. The summed E-state index contributed by atoms with van der Waals surface area (Å²) in [4.78, 5) is 24.4. The highest BCUT2D eigenvalue weighted by Gasteiger charge is 2.25. The van der Waals surface area contributed by atoms with Crippen LogP contribution in [0.25, 0.3) is 0 Å². The van der Waals surface area contributed by atoms with Gasteiger partial charge in [-0.3, -0.25) is 15.4 Å². The topological polar surface area (TPSA) is 70.2 Å². The molecule has 0 aromatic heterocycles. The summed E-state index contributed by atoms with van der Waals surface area (Å²) in [5, 5.41) is 8.81. The third-order valence-corrected chi connectivity index (χ3v) is 5.39. The first-order chi connectivity index (χ1) is 12.1. The van der Waals surface area contributed by atoms with Crippen LogP contribution in [0.15, 0.2) is 24.3 Å². The van der Waals surface area contributed by atoms with Crippen molar-refractivity contribution in [1.82, 2.24) is 16.0 Å². The molecule has 5 nitrogen and oxygen atoms in total. The Morgan fingerprint density at radius 2 is 1.80 bits per heavy atom. The Morgan fingerprint density at radius 3 is 2.60 bits per heavy atom. The summed E-state index contributed by atoms with van der Waals surface area (Å²) < 4.78 is 0. The monoisotopic (exact) mass is 343 g/mol. The van der Waals surface area contributed by atoms with Crippen LogP contribution < -0.4 is 16.0 Å². The van der Waals surface area contributed by atoms with E-state index in [1.165, 1.54) is 17.5 Å². The first kappa shape index (κ1) is 17.9. The largest absolute Gasteiger partial charge is 0.335 e. The van der Waals surface area contributed by atoms with E-state index in [2.05, 4.69) is 34.1 Å². The Labute approximate surface area is 150 Å². The van der Waals surface area contributed by atoms with Gasteiger partial charge in [0.05, 0.1) is 6.04 Å². The van der Waals surface area contributed by atoms with Gasteiger partial charge in [-0.05, 0) is 50.2 Å². The van der Waals surface area contributed by atoms with E-state index in [1.54, 1.807) is 0 Å². The summed E-state index contributed by atoms with van der Waals surface area (Å²) >= 11 is 0. The third-order valence-electron chi connectivity index (χ3n) is 5.39. The van der Waals surface area contributed by atoms with Gasteiger partial charge in [-0.1, -0.05) is 43.5 Å². The molecule has 2 atom stereocenters. The minimum Gasteiger partial charge on any atom is -0.335 e. The van der Waals surface area contributed by atoms with Gasteiger partial charge in [-0.25, -0.2) is 4.79 Å². The minimum atomic E-state index is -0.409. The minimum absolute atomic E-state index is 0.173. The fraction of sp³-hybridized carbons (Fsp3) is 0.600. The standard InChI is InChI=1S/C20H29N3O2/c1-14(19(24)23-20(25)22-16-10-3-2-4-11-16)21-18-13-7-9-15-8-5-6-12-17(15)18/h5-6,8,12,14,16,18,21H,2-4,7,9-11,13H2,1H3,(H2,22,23,24,25)/t14-,18+/m1/s1. The Hall–Kier alpha value is -1.88. The summed E-state index contributed by atoms with van der Waals surface area (Å²) in [5.74, 6) is -0.267. The number of urea groups is 1. The van der Waals surface area contributed by atoms with E-state index < -0.39 is 6.04 Å². The zero-order valence-corrected chi connectivity index (χ0v) is 15.0. The van der Waals surface area contributed by atoms with Crippen molar-refractivity contribution in [3.63, 3.8) is 0 Å². The van der Waals surface area contributed by atoms with Crippen molar-refractivity contribution in [3.8, 4) is 0 Å². The number of nitrogens with one attached hydrogen (secondary N) is 3. The van der Waals surface area contributed by atoms with Crippen LogP contribution in [0, 0.1) is 0 Å². The lowest BCUT2D eigenvalue weighted by atomic mass is 9.87. The number of rotatable bonds is 4. The van der Waals surface area contributed by atoms with Crippen LogP contribution >= 0.6 is 0 Å². The molecule has 0 radical (unpaired) electrons. The Morgan fingerprint density at radius 1 is 1.04 bits per heavy atom. The molecule has 0 heterocycles. The van der Waals surface area contributed by atoms with E-state index in [9.17, 15) is 9.59 Å². The molecule has 1 fully saturated rings. The number of fused-ring (bicyclic) bond motifs is 1. The van der Waals surface area contributed by atoms with E-state index in [-0.39, 0.29) is 24.0 Å². The van der Waals surface area contributed by atoms with Gasteiger partial charge < -0.3 is 5.32 Å². The molecule has 3 N–H and O–H groups in total. The second-order valence-corrected chi connectivity index (χ2v) is 7.33. The van der Waals surface area contributed by atoms with Crippen molar-refractivity contribution in [1.29, 1.82) is 0 Å². The Balaban J connectivity index is 1.50. The van der Waals surface area contributed by atoms with Crippen LogP contribution in [0.1, 0.15) is 69.0 Å². The van der Waals surface area contributed by atoms with Crippen molar-refractivity contribution < 1.29 is 9.59 Å². The van der Waals surface area contributed by atoms with Gasteiger partial charge in [-0.15, -0.1) is 0 Å². The van der Waals surface area contributed by atoms with Crippen molar-refractivity contribution in [2.75, 3.05) is 0 Å². The lowest BCUT2D eigenvalue weighted by Crippen LogP contribution is -2.51. The van der Waals surface area contributed by atoms with Gasteiger partial charge >= 0.3 is 6.03 Å². The number of amides is 3. The van der Waals surface area contributed by atoms with E-state index in [1.807, 2.05) is 13.0 Å². The highest BCUT2D eigenvalue weighted by molar-refractivity contribution is 5.96. The molecule has 0 unspecified atom stereocenters. The van der Waals surface area contributed by atoms with Gasteiger partial charge in [-0.2, -0.15) is 0 Å². The molecular formula is C20H29N3O2. The van der Waals surface area contributed by atoms with Crippen molar-refractivity contribution >= 4 is 11.9 Å². The quantitative estimate of drug-likeness (QED) is 0.786. The van der Waals surface area contributed by atoms with Crippen LogP contribution in [-0.4, -0.2) is 24.0 Å². The van der Waals surface area contributed by atoms with Crippen molar-refractivity contribution in [2.24, 2.45) is 0 Å². The average molecular weight is 343 g/mol.